The molecule has 0 bridgehead atoms. The third kappa shape index (κ3) is 5.56. The zero-order valence-electron chi connectivity index (χ0n) is 17.5. The molecule has 0 aliphatic carbocycles. The number of nitro benzene ring substituents is 1. The minimum Gasteiger partial charge on any atom is -0.493 e. The molecule has 0 spiro atoms. The average molecular weight is 444 g/mol. The van der Waals surface area contributed by atoms with Crippen molar-refractivity contribution in [2.75, 3.05) is 20.8 Å². The third-order valence-corrected chi connectivity index (χ3v) is 4.63. The number of nitrogens with one attached hydrogen (secondary N) is 1. The Kier molecular flexibility index (Phi) is 7.32. The molecule has 1 N–H and O–H groups in total. The quantitative estimate of drug-likeness (QED) is 0.373. The lowest BCUT2D eigenvalue weighted by atomic mass is 10.1. The summed E-state index contributed by atoms with van der Waals surface area (Å²) in [6, 6.07) is 8.47. The van der Waals surface area contributed by atoms with Gasteiger partial charge in [-0.25, -0.2) is 4.39 Å². The normalized spacial score (nSPS) is 10.6. The first-order valence-corrected chi connectivity index (χ1v) is 9.65. The summed E-state index contributed by atoms with van der Waals surface area (Å²) in [5, 5.41) is 17.9. The number of nitro groups is 1. The van der Waals surface area contributed by atoms with Crippen molar-refractivity contribution >= 4 is 11.6 Å². The van der Waals surface area contributed by atoms with Gasteiger partial charge in [0.05, 0.1) is 25.2 Å². The van der Waals surface area contributed by atoms with Gasteiger partial charge in [0.2, 0.25) is 17.6 Å². The lowest BCUT2D eigenvalue weighted by Crippen LogP contribution is -2.26. The monoisotopic (exact) mass is 444 g/mol. The number of amides is 1. The highest BCUT2D eigenvalue weighted by atomic mass is 19.1. The van der Waals surface area contributed by atoms with Crippen molar-refractivity contribution in [3.8, 4) is 22.9 Å². The van der Waals surface area contributed by atoms with Crippen LogP contribution in [-0.2, 0) is 17.6 Å². The van der Waals surface area contributed by atoms with Crippen molar-refractivity contribution in [1.29, 1.82) is 0 Å². The first-order valence-electron chi connectivity index (χ1n) is 9.65. The lowest BCUT2D eigenvalue weighted by Gasteiger charge is -2.11. The fourth-order valence-corrected chi connectivity index (χ4v) is 3.00. The molecular formula is C21H21FN4O6. The lowest BCUT2D eigenvalue weighted by molar-refractivity contribution is -0.385. The van der Waals surface area contributed by atoms with Crippen molar-refractivity contribution in [2.45, 2.75) is 19.3 Å². The summed E-state index contributed by atoms with van der Waals surface area (Å²) >= 11 is 0. The Hall–Kier alpha value is -4.02. The van der Waals surface area contributed by atoms with Crippen LogP contribution in [0.15, 0.2) is 40.9 Å². The van der Waals surface area contributed by atoms with Crippen LogP contribution in [0, 0.1) is 15.9 Å². The molecule has 0 atom stereocenters. The number of aryl methyl sites for hydroxylation is 1. The predicted octanol–water partition coefficient (Wildman–Crippen LogP) is 3.09. The van der Waals surface area contributed by atoms with Gasteiger partial charge in [-0.05, 0) is 36.8 Å². The maximum atomic E-state index is 13.0. The van der Waals surface area contributed by atoms with Gasteiger partial charge >= 0.3 is 0 Å². The highest BCUT2D eigenvalue weighted by Gasteiger charge is 2.19. The second-order valence-electron chi connectivity index (χ2n) is 6.71. The van der Waals surface area contributed by atoms with Crippen LogP contribution in [0.2, 0.25) is 0 Å². The Morgan fingerprint density at radius 1 is 1.16 bits per heavy atom. The van der Waals surface area contributed by atoms with E-state index in [0.717, 1.165) is 0 Å². The first kappa shape index (κ1) is 22.7. The number of halogens is 1. The summed E-state index contributed by atoms with van der Waals surface area (Å²) in [5.41, 5.74) is 0.896. The molecule has 1 aromatic heterocycles. The summed E-state index contributed by atoms with van der Waals surface area (Å²) in [7, 11) is 2.84. The van der Waals surface area contributed by atoms with E-state index in [1.807, 2.05) is 0 Å². The number of rotatable bonds is 10. The molecule has 3 rings (SSSR count). The van der Waals surface area contributed by atoms with Gasteiger partial charge in [0.15, 0.2) is 11.5 Å². The van der Waals surface area contributed by atoms with Crippen LogP contribution in [0.1, 0.15) is 17.9 Å². The Morgan fingerprint density at radius 2 is 1.84 bits per heavy atom. The molecule has 0 saturated carbocycles. The van der Waals surface area contributed by atoms with Gasteiger partial charge in [-0.15, -0.1) is 0 Å². The first-order chi connectivity index (χ1) is 15.4. The largest absolute Gasteiger partial charge is 0.493 e. The van der Waals surface area contributed by atoms with E-state index in [-0.39, 0.29) is 54.9 Å². The van der Waals surface area contributed by atoms with Crippen molar-refractivity contribution < 1.29 is 28.1 Å². The van der Waals surface area contributed by atoms with Crippen LogP contribution in [0.5, 0.6) is 11.5 Å². The molecule has 10 nitrogen and oxygen atoms in total. The number of hydrogen-bond donors (Lipinski definition) is 1. The molecule has 0 fully saturated rings. The van der Waals surface area contributed by atoms with E-state index in [9.17, 15) is 19.3 Å². The van der Waals surface area contributed by atoms with Crippen LogP contribution in [-0.4, -0.2) is 41.7 Å². The van der Waals surface area contributed by atoms with Crippen molar-refractivity contribution in [3.63, 3.8) is 0 Å². The fourth-order valence-electron chi connectivity index (χ4n) is 3.00. The molecule has 1 heterocycles. The highest BCUT2D eigenvalue weighted by molar-refractivity contribution is 5.76. The second kappa shape index (κ2) is 10.3. The number of ether oxygens (including phenoxy) is 2. The van der Waals surface area contributed by atoms with Gasteiger partial charge in [0.1, 0.15) is 5.82 Å². The van der Waals surface area contributed by atoms with E-state index in [4.69, 9.17) is 14.0 Å². The van der Waals surface area contributed by atoms with E-state index >= 15 is 0 Å². The zero-order chi connectivity index (χ0) is 23.1. The fraction of sp³-hybridized carbons (Fsp3) is 0.286. The molecular weight excluding hydrogens is 423 g/mol. The Labute approximate surface area is 182 Å². The number of carbonyl (C=O) groups is 1. The van der Waals surface area contributed by atoms with Crippen LogP contribution >= 0.6 is 0 Å². The highest BCUT2D eigenvalue weighted by Crippen LogP contribution is 2.34. The minimum absolute atomic E-state index is 0.0963. The summed E-state index contributed by atoms with van der Waals surface area (Å²) in [6.07, 6.45) is 0.549. The van der Waals surface area contributed by atoms with E-state index in [1.165, 1.54) is 50.6 Å². The maximum Gasteiger partial charge on any atom is 0.276 e. The Balaban J connectivity index is 1.53. The third-order valence-electron chi connectivity index (χ3n) is 4.63. The van der Waals surface area contributed by atoms with Gasteiger partial charge in [-0.3, -0.25) is 14.9 Å². The summed E-state index contributed by atoms with van der Waals surface area (Å²) in [6.45, 7) is 0.194. The van der Waals surface area contributed by atoms with Gasteiger partial charge in [-0.1, -0.05) is 5.16 Å². The molecule has 32 heavy (non-hydrogen) atoms. The van der Waals surface area contributed by atoms with Gasteiger partial charge in [0.25, 0.3) is 5.69 Å². The minimum atomic E-state index is -0.507. The second-order valence-corrected chi connectivity index (χ2v) is 6.71. The molecule has 0 aliphatic rings. The maximum absolute atomic E-state index is 13.0. The molecule has 0 unspecified atom stereocenters. The Bertz CT molecular complexity index is 1100. The van der Waals surface area contributed by atoms with Gasteiger partial charge in [0, 0.05) is 30.5 Å². The van der Waals surface area contributed by atoms with E-state index in [0.29, 0.717) is 22.7 Å². The van der Waals surface area contributed by atoms with Crippen molar-refractivity contribution in [2.24, 2.45) is 0 Å². The topological polar surface area (TPSA) is 130 Å². The van der Waals surface area contributed by atoms with Crippen molar-refractivity contribution in [1.82, 2.24) is 15.5 Å². The van der Waals surface area contributed by atoms with Gasteiger partial charge in [-0.2, -0.15) is 4.98 Å². The van der Waals surface area contributed by atoms with Crippen LogP contribution in [0.3, 0.4) is 0 Å². The molecule has 0 saturated heterocycles. The van der Waals surface area contributed by atoms with Crippen molar-refractivity contribution in [3.05, 3.63) is 63.8 Å². The average Bonchev–Trinajstić information content (AvgIpc) is 3.26. The summed E-state index contributed by atoms with van der Waals surface area (Å²) < 4.78 is 28.4. The van der Waals surface area contributed by atoms with E-state index in [1.54, 1.807) is 0 Å². The number of carbonyl (C=O) groups excluding carboxylic acids is 1. The summed E-state index contributed by atoms with van der Waals surface area (Å²) in [4.78, 5) is 27.2. The number of benzene rings is 2. The van der Waals surface area contributed by atoms with E-state index < -0.39 is 4.92 Å². The number of methoxy groups -OCH3 is 2. The van der Waals surface area contributed by atoms with Crippen LogP contribution < -0.4 is 14.8 Å². The number of aromatic nitrogens is 2. The predicted molar refractivity (Wildman–Crippen MR) is 111 cm³/mol. The van der Waals surface area contributed by atoms with Gasteiger partial charge < -0.3 is 19.3 Å². The Morgan fingerprint density at radius 3 is 2.50 bits per heavy atom. The number of nitrogens with zero attached hydrogens (tertiary/aromatic N) is 3. The molecule has 3 aromatic rings. The SMILES string of the molecule is COc1cc(CCNC(=O)CCc2nc(-c3ccc(F)cc3)no2)c([N+](=O)[O-])cc1OC. The molecule has 2 aromatic carbocycles. The molecule has 0 aliphatic heterocycles. The smallest absolute Gasteiger partial charge is 0.276 e. The molecule has 0 radical (unpaired) electrons. The van der Waals surface area contributed by atoms with Crippen LogP contribution in [0.4, 0.5) is 10.1 Å². The number of hydrogen-bond acceptors (Lipinski definition) is 8. The standard InChI is InChI=1S/C21H21FN4O6/c1-30-17-11-14(16(26(28)29)12-18(17)31-2)9-10-23-19(27)7-8-20-24-21(25-32-20)13-3-5-15(22)6-4-13/h3-6,11-12H,7-10H2,1-2H3,(H,23,27). The zero-order valence-corrected chi connectivity index (χ0v) is 17.5. The molecule has 11 heteroatoms. The van der Waals surface area contributed by atoms with E-state index in [2.05, 4.69) is 15.5 Å². The summed E-state index contributed by atoms with van der Waals surface area (Å²) in [5.74, 6) is 0.567. The molecule has 1 amide bonds. The van der Waals surface area contributed by atoms with Crippen LogP contribution in [0.25, 0.3) is 11.4 Å². The molecule has 168 valence electrons.